The monoisotopic (exact) mass is 276 g/mol. The molecule has 20 heavy (non-hydrogen) atoms. The summed E-state index contributed by atoms with van der Waals surface area (Å²) < 4.78 is 18.1. The predicted molar refractivity (Wildman–Crippen MR) is 72.6 cm³/mol. The first-order chi connectivity index (χ1) is 9.45. The van der Waals surface area contributed by atoms with E-state index in [-0.39, 0.29) is 18.0 Å². The van der Waals surface area contributed by atoms with Crippen molar-refractivity contribution in [3.63, 3.8) is 0 Å². The van der Waals surface area contributed by atoms with Gasteiger partial charge in [0.25, 0.3) is 0 Å². The predicted octanol–water partition coefficient (Wildman–Crippen LogP) is 3.34. The van der Waals surface area contributed by atoms with Crippen molar-refractivity contribution in [2.45, 2.75) is 33.6 Å². The molecule has 2 aromatic rings. The molecular formula is C15H17FN2O2. The van der Waals surface area contributed by atoms with Crippen LogP contribution >= 0.6 is 0 Å². The van der Waals surface area contributed by atoms with Gasteiger partial charge in [-0.25, -0.2) is 4.39 Å². The molecule has 0 saturated carbocycles. The van der Waals surface area contributed by atoms with Crippen molar-refractivity contribution in [1.29, 1.82) is 0 Å². The van der Waals surface area contributed by atoms with Gasteiger partial charge in [0.1, 0.15) is 11.6 Å². The topological polar surface area (TPSA) is 56.0 Å². The summed E-state index contributed by atoms with van der Waals surface area (Å²) >= 11 is 0. The molecule has 1 heterocycles. The number of aryl methyl sites for hydroxylation is 1. The second-order valence-electron chi connectivity index (χ2n) is 5.28. The SMILES string of the molecule is Cc1cc(F)ccc1-c1noc(CC(=O)CC(C)C)n1. The zero-order chi connectivity index (χ0) is 14.7. The maximum absolute atomic E-state index is 13.1. The fraction of sp³-hybridized carbons (Fsp3) is 0.400. The second kappa shape index (κ2) is 5.94. The molecule has 0 fully saturated rings. The van der Waals surface area contributed by atoms with Crippen LogP contribution in [0.5, 0.6) is 0 Å². The fourth-order valence-corrected chi connectivity index (χ4v) is 2.01. The zero-order valence-electron chi connectivity index (χ0n) is 11.8. The Morgan fingerprint density at radius 1 is 1.40 bits per heavy atom. The third kappa shape index (κ3) is 3.50. The van der Waals surface area contributed by atoms with E-state index in [0.29, 0.717) is 29.6 Å². The standard InChI is InChI=1S/C15H17FN2O2/c1-9(2)6-12(19)8-14-17-15(18-20-14)13-5-4-11(16)7-10(13)3/h4-5,7,9H,6,8H2,1-3H3. The Hall–Kier alpha value is -2.04. The summed E-state index contributed by atoms with van der Waals surface area (Å²) in [6.45, 7) is 5.75. The number of halogens is 1. The summed E-state index contributed by atoms with van der Waals surface area (Å²) in [5.74, 6) is 0.765. The highest BCUT2D eigenvalue weighted by atomic mass is 19.1. The lowest BCUT2D eigenvalue weighted by Crippen LogP contribution is -2.06. The first-order valence-corrected chi connectivity index (χ1v) is 6.56. The molecule has 0 aliphatic heterocycles. The number of hydrogen-bond donors (Lipinski definition) is 0. The lowest BCUT2D eigenvalue weighted by atomic mass is 10.1. The molecule has 0 saturated heterocycles. The van der Waals surface area contributed by atoms with Crippen LogP contribution in [0, 0.1) is 18.7 Å². The second-order valence-corrected chi connectivity index (χ2v) is 5.28. The van der Waals surface area contributed by atoms with Gasteiger partial charge in [-0.2, -0.15) is 4.98 Å². The molecule has 2 rings (SSSR count). The van der Waals surface area contributed by atoms with Crippen molar-refractivity contribution < 1.29 is 13.7 Å². The number of ketones is 1. The average molecular weight is 276 g/mol. The van der Waals surface area contributed by atoms with Gasteiger partial charge in [0.2, 0.25) is 11.7 Å². The molecule has 0 atom stereocenters. The number of rotatable bonds is 5. The highest BCUT2D eigenvalue weighted by Gasteiger charge is 2.14. The van der Waals surface area contributed by atoms with Gasteiger partial charge in [-0.3, -0.25) is 4.79 Å². The van der Waals surface area contributed by atoms with E-state index in [0.717, 1.165) is 5.56 Å². The molecule has 0 aliphatic rings. The quantitative estimate of drug-likeness (QED) is 0.840. The summed E-state index contributed by atoms with van der Waals surface area (Å²) in [7, 11) is 0. The van der Waals surface area contributed by atoms with Crippen molar-refractivity contribution in [1.82, 2.24) is 10.1 Å². The maximum Gasteiger partial charge on any atom is 0.234 e. The van der Waals surface area contributed by atoms with Gasteiger partial charge in [-0.1, -0.05) is 19.0 Å². The molecule has 0 bridgehead atoms. The Kier molecular flexibility index (Phi) is 4.27. The first kappa shape index (κ1) is 14.4. The largest absolute Gasteiger partial charge is 0.339 e. The summed E-state index contributed by atoms with van der Waals surface area (Å²) in [6.07, 6.45) is 0.638. The minimum atomic E-state index is -0.304. The number of carbonyl (C=O) groups excluding carboxylic acids is 1. The molecule has 0 spiro atoms. The Morgan fingerprint density at radius 3 is 2.80 bits per heavy atom. The summed E-state index contributed by atoms with van der Waals surface area (Å²) in [4.78, 5) is 15.9. The van der Waals surface area contributed by atoms with E-state index in [9.17, 15) is 9.18 Å². The summed E-state index contributed by atoms with van der Waals surface area (Å²) in [5.41, 5.74) is 1.43. The van der Waals surface area contributed by atoms with Gasteiger partial charge in [0, 0.05) is 12.0 Å². The van der Waals surface area contributed by atoms with Crippen LogP contribution in [0.4, 0.5) is 4.39 Å². The average Bonchev–Trinajstić information content (AvgIpc) is 2.75. The number of aromatic nitrogens is 2. The highest BCUT2D eigenvalue weighted by molar-refractivity contribution is 5.80. The number of Topliss-reactive ketones (excluding diaryl/α,β-unsaturated/α-hetero) is 1. The van der Waals surface area contributed by atoms with Crippen LogP contribution in [0.25, 0.3) is 11.4 Å². The van der Waals surface area contributed by atoms with E-state index in [1.807, 2.05) is 13.8 Å². The first-order valence-electron chi connectivity index (χ1n) is 6.56. The molecule has 1 aromatic heterocycles. The number of carbonyl (C=O) groups is 1. The third-order valence-corrected chi connectivity index (χ3v) is 2.88. The van der Waals surface area contributed by atoms with Gasteiger partial charge < -0.3 is 4.52 Å². The van der Waals surface area contributed by atoms with Crippen molar-refractivity contribution in [3.05, 3.63) is 35.5 Å². The smallest absolute Gasteiger partial charge is 0.234 e. The number of hydrogen-bond acceptors (Lipinski definition) is 4. The van der Waals surface area contributed by atoms with Crippen molar-refractivity contribution >= 4 is 5.78 Å². The van der Waals surface area contributed by atoms with Crippen molar-refractivity contribution in [2.24, 2.45) is 5.92 Å². The third-order valence-electron chi connectivity index (χ3n) is 2.88. The van der Waals surface area contributed by atoms with Crippen LogP contribution < -0.4 is 0 Å². The van der Waals surface area contributed by atoms with Crippen LogP contribution in [0.2, 0.25) is 0 Å². The number of benzene rings is 1. The zero-order valence-corrected chi connectivity index (χ0v) is 11.8. The highest BCUT2D eigenvalue weighted by Crippen LogP contribution is 2.21. The Morgan fingerprint density at radius 2 is 2.15 bits per heavy atom. The van der Waals surface area contributed by atoms with Crippen LogP contribution in [0.1, 0.15) is 31.7 Å². The molecular weight excluding hydrogens is 259 g/mol. The number of nitrogens with zero attached hydrogens (tertiary/aromatic N) is 2. The fourth-order valence-electron chi connectivity index (χ4n) is 2.01. The van der Waals surface area contributed by atoms with Crippen LogP contribution in [-0.2, 0) is 11.2 Å². The van der Waals surface area contributed by atoms with Crippen LogP contribution in [-0.4, -0.2) is 15.9 Å². The summed E-state index contributed by atoms with van der Waals surface area (Å²) in [5, 5.41) is 3.85. The molecule has 0 aliphatic carbocycles. The van der Waals surface area contributed by atoms with Crippen LogP contribution in [0.3, 0.4) is 0 Å². The van der Waals surface area contributed by atoms with E-state index in [1.54, 1.807) is 13.0 Å². The van der Waals surface area contributed by atoms with Gasteiger partial charge in [0.05, 0.1) is 6.42 Å². The van der Waals surface area contributed by atoms with E-state index in [1.165, 1.54) is 12.1 Å². The van der Waals surface area contributed by atoms with Crippen molar-refractivity contribution in [3.8, 4) is 11.4 Å². The molecule has 0 N–H and O–H groups in total. The van der Waals surface area contributed by atoms with E-state index in [4.69, 9.17) is 4.52 Å². The maximum atomic E-state index is 13.1. The van der Waals surface area contributed by atoms with Gasteiger partial charge in [0.15, 0.2) is 0 Å². The molecule has 5 heteroatoms. The molecule has 106 valence electrons. The minimum Gasteiger partial charge on any atom is -0.339 e. The van der Waals surface area contributed by atoms with Gasteiger partial charge in [-0.05, 0) is 36.6 Å². The molecule has 0 radical (unpaired) electrons. The molecule has 0 amide bonds. The van der Waals surface area contributed by atoms with Gasteiger partial charge in [-0.15, -0.1) is 0 Å². The van der Waals surface area contributed by atoms with E-state index in [2.05, 4.69) is 10.1 Å². The molecule has 1 aromatic carbocycles. The van der Waals surface area contributed by atoms with Crippen LogP contribution in [0.15, 0.2) is 22.7 Å². The van der Waals surface area contributed by atoms with E-state index >= 15 is 0 Å². The summed E-state index contributed by atoms with van der Waals surface area (Å²) in [6, 6.07) is 4.37. The normalized spacial score (nSPS) is 11.1. The minimum absolute atomic E-state index is 0.0750. The Balaban J connectivity index is 2.14. The lowest BCUT2D eigenvalue weighted by molar-refractivity contribution is -0.119. The Labute approximate surface area is 117 Å². The molecule has 0 unspecified atom stereocenters. The molecule has 4 nitrogen and oxygen atoms in total. The Bertz CT molecular complexity index is 620. The lowest BCUT2D eigenvalue weighted by Gasteiger charge is -2.00. The van der Waals surface area contributed by atoms with E-state index < -0.39 is 0 Å². The van der Waals surface area contributed by atoms with Gasteiger partial charge >= 0.3 is 0 Å². The van der Waals surface area contributed by atoms with Crippen molar-refractivity contribution in [2.75, 3.05) is 0 Å².